The third kappa shape index (κ3) is 6.49. The molecule has 0 unspecified atom stereocenters. The van der Waals surface area contributed by atoms with Gasteiger partial charge >= 0.3 is 5.97 Å². The number of halogens is 3. The van der Waals surface area contributed by atoms with Gasteiger partial charge < -0.3 is 15.4 Å². The third-order valence-electron chi connectivity index (χ3n) is 5.66. The number of esters is 1. The zero-order chi connectivity index (χ0) is 24.9. The highest BCUT2D eigenvalue weighted by atomic mass is 35.5. The van der Waals surface area contributed by atoms with Gasteiger partial charge in [-0.05, 0) is 68.1 Å². The summed E-state index contributed by atoms with van der Waals surface area (Å²) in [7, 11) is 0. The van der Waals surface area contributed by atoms with Gasteiger partial charge in [-0.2, -0.15) is 5.10 Å². The second-order valence-corrected chi connectivity index (χ2v) is 10.9. The molecular weight excluding hydrogens is 547 g/mol. The van der Waals surface area contributed by atoms with E-state index in [0.29, 0.717) is 49.7 Å². The minimum absolute atomic E-state index is 0.298. The van der Waals surface area contributed by atoms with Gasteiger partial charge in [-0.15, -0.1) is 11.3 Å². The molecule has 1 aromatic carbocycles. The van der Waals surface area contributed by atoms with Crippen LogP contribution in [0.3, 0.4) is 0 Å². The number of nitrogens with zero attached hydrogens (tertiary/aromatic N) is 2. The Balaban J connectivity index is 1.50. The van der Waals surface area contributed by atoms with E-state index in [2.05, 4.69) is 15.7 Å². The summed E-state index contributed by atoms with van der Waals surface area (Å²) in [5, 5.41) is 13.1. The lowest BCUT2D eigenvalue weighted by Gasteiger charge is -2.12. The number of rotatable bonds is 6. The minimum Gasteiger partial charge on any atom is -0.462 e. The molecule has 0 aliphatic heterocycles. The van der Waals surface area contributed by atoms with Gasteiger partial charge in [0.15, 0.2) is 10.9 Å². The van der Waals surface area contributed by atoms with Crippen molar-refractivity contribution in [3.63, 3.8) is 0 Å². The summed E-state index contributed by atoms with van der Waals surface area (Å²) in [5.41, 5.74) is 2.61. The lowest BCUT2D eigenvalue weighted by atomic mass is 9.96. The second kappa shape index (κ2) is 11.9. The molecule has 186 valence electrons. The monoisotopic (exact) mass is 570 g/mol. The molecule has 0 saturated carbocycles. The summed E-state index contributed by atoms with van der Waals surface area (Å²) in [6, 6.07) is 5.41. The molecule has 0 bridgehead atoms. The van der Waals surface area contributed by atoms with Gasteiger partial charge in [0, 0.05) is 11.1 Å². The number of carbonyl (C=O) groups is 1. The maximum absolute atomic E-state index is 12.8. The normalized spacial score (nSPS) is 13.5. The first kappa shape index (κ1) is 26.2. The minimum atomic E-state index is -0.320. The molecule has 0 radical (unpaired) electrons. The van der Waals surface area contributed by atoms with Crippen molar-refractivity contribution in [3.8, 4) is 0 Å². The highest BCUT2D eigenvalue weighted by Gasteiger charge is 2.26. The molecule has 0 spiro atoms. The SMILES string of the molecule is CCOC(=O)c1c(NC(=S)Nc2nn(Cc3ccc(Cl)c(Cl)c3)cc2Cl)sc2c1CCCCCC2. The molecule has 35 heavy (non-hydrogen) atoms. The van der Waals surface area contributed by atoms with Gasteiger partial charge in [-0.25, -0.2) is 4.79 Å². The first-order valence-corrected chi connectivity index (χ1v) is 13.8. The zero-order valence-corrected chi connectivity index (χ0v) is 23.0. The molecule has 2 N–H and O–H groups in total. The summed E-state index contributed by atoms with van der Waals surface area (Å²) in [6.45, 7) is 2.59. The number of carbonyl (C=O) groups excluding carboxylic acids is 1. The largest absolute Gasteiger partial charge is 0.462 e. The van der Waals surface area contributed by atoms with Gasteiger partial charge in [-0.1, -0.05) is 53.7 Å². The van der Waals surface area contributed by atoms with Crippen molar-refractivity contribution in [1.82, 2.24) is 9.78 Å². The Morgan fingerprint density at radius 2 is 1.89 bits per heavy atom. The molecule has 2 heterocycles. The van der Waals surface area contributed by atoms with Crippen LogP contribution in [-0.4, -0.2) is 27.5 Å². The molecule has 0 atom stereocenters. The van der Waals surface area contributed by atoms with E-state index in [1.54, 1.807) is 34.3 Å². The number of benzene rings is 1. The Bertz CT molecular complexity index is 1240. The molecule has 3 aromatic rings. The van der Waals surface area contributed by atoms with Crippen molar-refractivity contribution in [2.45, 2.75) is 52.0 Å². The van der Waals surface area contributed by atoms with Crippen LogP contribution in [0.15, 0.2) is 24.4 Å². The number of hydrogen-bond acceptors (Lipinski definition) is 5. The number of hydrogen-bond donors (Lipinski definition) is 2. The van der Waals surface area contributed by atoms with Crippen LogP contribution < -0.4 is 10.6 Å². The van der Waals surface area contributed by atoms with Crippen LogP contribution in [0.5, 0.6) is 0 Å². The maximum Gasteiger partial charge on any atom is 0.341 e. The molecule has 2 aromatic heterocycles. The van der Waals surface area contributed by atoms with E-state index in [9.17, 15) is 4.79 Å². The number of thiophene rings is 1. The van der Waals surface area contributed by atoms with E-state index in [4.69, 9.17) is 51.8 Å². The van der Waals surface area contributed by atoms with E-state index in [1.807, 2.05) is 13.0 Å². The van der Waals surface area contributed by atoms with Crippen LogP contribution in [0.1, 0.15) is 59.0 Å². The van der Waals surface area contributed by atoms with Crippen LogP contribution in [0.25, 0.3) is 0 Å². The number of aromatic nitrogens is 2. The van der Waals surface area contributed by atoms with Gasteiger partial charge in [0.05, 0.1) is 28.8 Å². The molecule has 6 nitrogen and oxygen atoms in total. The zero-order valence-electron chi connectivity index (χ0n) is 19.1. The lowest BCUT2D eigenvalue weighted by Crippen LogP contribution is -2.21. The van der Waals surface area contributed by atoms with E-state index < -0.39 is 0 Å². The first-order valence-electron chi connectivity index (χ1n) is 11.4. The van der Waals surface area contributed by atoms with E-state index in [0.717, 1.165) is 36.8 Å². The van der Waals surface area contributed by atoms with Crippen molar-refractivity contribution in [3.05, 3.63) is 61.0 Å². The van der Waals surface area contributed by atoms with E-state index >= 15 is 0 Å². The molecule has 0 saturated heterocycles. The van der Waals surface area contributed by atoms with Crippen molar-refractivity contribution in [1.29, 1.82) is 0 Å². The van der Waals surface area contributed by atoms with Crippen LogP contribution in [0.4, 0.5) is 10.8 Å². The Morgan fingerprint density at radius 1 is 1.11 bits per heavy atom. The number of fused-ring (bicyclic) bond motifs is 1. The van der Waals surface area contributed by atoms with Crippen molar-refractivity contribution >= 4 is 80.3 Å². The van der Waals surface area contributed by atoms with Crippen LogP contribution in [-0.2, 0) is 24.1 Å². The number of thiocarbonyl (C=S) groups is 1. The van der Waals surface area contributed by atoms with E-state index in [1.165, 1.54) is 17.7 Å². The average Bonchev–Trinajstić information content (AvgIpc) is 3.29. The maximum atomic E-state index is 12.8. The predicted molar refractivity (Wildman–Crippen MR) is 149 cm³/mol. The molecule has 1 aliphatic carbocycles. The predicted octanol–water partition coefficient (Wildman–Crippen LogP) is 7.60. The summed E-state index contributed by atoms with van der Waals surface area (Å²) < 4.78 is 7.06. The smallest absolute Gasteiger partial charge is 0.341 e. The number of ether oxygens (including phenoxy) is 1. The van der Waals surface area contributed by atoms with Gasteiger partial charge in [0.25, 0.3) is 0 Å². The van der Waals surface area contributed by atoms with Gasteiger partial charge in [0.2, 0.25) is 0 Å². The Kier molecular flexibility index (Phi) is 8.94. The summed E-state index contributed by atoms with van der Waals surface area (Å²) >= 11 is 25.6. The van der Waals surface area contributed by atoms with Crippen molar-refractivity contribution in [2.24, 2.45) is 0 Å². The summed E-state index contributed by atoms with van der Waals surface area (Å²) in [4.78, 5) is 14.1. The Labute approximate surface area is 228 Å². The highest BCUT2D eigenvalue weighted by molar-refractivity contribution is 7.80. The quantitative estimate of drug-likeness (QED) is 0.235. The third-order valence-corrected chi connectivity index (χ3v) is 8.08. The molecule has 11 heteroatoms. The number of nitrogens with one attached hydrogen (secondary N) is 2. The van der Waals surface area contributed by atoms with Crippen LogP contribution in [0.2, 0.25) is 15.1 Å². The Hall–Kier alpha value is -1.84. The number of aryl methyl sites for hydroxylation is 1. The molecule has 0 fully saturated rings. The highest BCUT2D eigenvalue weighted by Crippen LogP contribution is 2.38. The first-order chi connectivity index (χ1) is 16.9. The van der Waals surface area contributed by atoms with Crippen molar-refractivity contribution in [2.75, 3.05) is 17.2 Å². The number of anilines is 2. The average molecular weight is 572 g/mol. The topological polar surface area (TPSA) is 68.2 Å². The molecule has 4 rings (SSSR count). The lowest BCUT2D eigenvalue weighted by molar-refractivity contribution is 0.0526. The second-order valence-electron chi connectivity index (χ2n) is 8.19. The fourth-order valence-corrected chi connectivity index (χ4v) is 6.12. The molecule has 0 amide bonds. The van der Waals surface area contributed by atoms with Gasteiger partial charge in [-0.3, -0.25) is 4.68 Å². The van der Waals surface area contributed by atoms with Crippen LogP contribution in [0, 0.1) is 0 Å². The van der Waals surface area contributed by atoms with Crippen LogP contribution >= 0.6 is 58.4 Å². The van der Waals surface area contributed by atoms with Gasteiger partial charge in [0.1, 0.15) is 10.0 Å². The van der Waals surface area contributed by atoms with E-state index in [-0.39, 0.29) is 5.97 Å². The molecular formula is C24H25Cl3N4O2S2. The fourth-order valence-electron chi connectivity index (χ4n) is 4.06. The Morgan fingerprint density at radius 3 is 2.63 bits per heavy atom. The van der Waals surface area contributed by atoms with Crippen molar-refractivity contribution < 1.29 is 9.53 Å². The summed E-state index contributed by atoms with van der Waals surface area (Å²) in [6.07, 6.45) is 8.08. The standard InChI is InChI=1S/C24H25Cl3N4O2S2/c1-2-33-23(32)20-15-7-5-3-4-6-8-19(15)35-22(20)29-24(34)28-21-18(27)13-31(30-21)12-14-9-10-16(25)17(26)11-14/h9-11,13H,2-8,12H2,1H3,(H2,28,29,30,34). The fraction of sp³-hybridized carbons (Fsp3) is 0.375. The summed E-state index contributed by atoms with van der Waals surface area (Å²) in [5.74, 6) is 0.0941. The molecule has 1 aliphatic rings.